The Morgan fingerprint density at radius 1 is 1.05 bits per heavy atom. The third-order valence-corrected chi connectivity index (χ3v) is 8.63. The highest BCUT2D eigenvalue weighted by atomic mass is 35.5. The highest BCUT2D eigenvalue weighted by Crippen LogP contribution is 2.37. The maximum Gasteiger partial charge on any atom is 0.272 e. The van der Waals surface area contributed by atoms with Crippen molar-refractivity contribution < 1.29 is 17.9 Å². The fraction of sp³-hybridized carbons (Fsp3) is 0.200. The quantitative estimate of drug-likeness (QED) is 0.277. The molecule has 11 heteroatoms. The van der Waals surface area contributed by atoms with Crippen molar-refractivity contribution >= 4 is 50.8 Å². The monoisotopic (exact) mass is 610 g/mol. The second kappa shape index (κ2) is 11.7. The molecule has 0 spiro atoms. The molecule has 0 saturated heterocycles. The molecule has 1 amide bonds. The molecule has 1 atom stereocenters. The van der Waals surface area contributed by atoms with Crippen LogP contribution < -0.4 is 10.1 Å². The summed E-state index contributed by atoms with van der Waals surface area (Å²) < 4.78 is 33.8. The van der Waals surface area contributed by atoms with Crippen LogP contribution in [0.5, 0.6) is 5.75 Å². The number of nitrogens with one attached hydrogen (secondary N) is 1. The number of sulfonamides is 1. The number of carbonyl (C=O) groups is 1. The zero-order chi connectivity index (χ0) is 29.3. The summed E-state index contributed by atoms with van der Waals surface area (Å²) in [4.78, 5) is 13.7. The van der Waals surface area contributed by atoms with E-state index in [1.54, 1.807) is 30.0 Å². The van der Waals surface area contributed by atoms with Gasteiger partial charge < -0.3 is 10.1 Å². The van der Waals surface area contributed by atoms with Crippen molar-refractivity contribution in [3.8, 4) is 11.4 Å². The van der Waals surface area contributed by atoms with E-state index >= 15 is 0 Å². The molecule has 41 heavy (non-hydrogen) atoms. The molecule has 0 fully saturated rings. The van der Waals surface area contributed by atoms with Crippen LogP contribution in [0.15, 0.2) is 72.8 Å². The number of carbonyl (C=O) groups excluding carboxylic acids is 1. The molecule has 2 heterocycles. The number of methoxy groups -OCH3 is 1. The first-order valence-electron chi connectivity index (χ1n) is 12.8. The van der Waals surface area contributed by atoms with Crippen molar-refractivity contribution in [3.05, 3.63) is 111 Å². The summed E-state index contributed by atoms with van der Waals surface area (Å²) in [7, 11) is -2.03. The van der Waals surface area contributed by atoms with E-state index in [-0.39, 0.29) is 24.8 Å². The second-order valence-electron chi connectivity index (χ2n) is 9.76. The van der Waals surface area contributed by atoms with Gasteiger partial charge in [0.05, 0.1) is 35.8 Å². The van der Waals surface area contributed by atoms with E-state index in [4.69, 9.17) is 33.0 Å². The van der Waals surface area contributed by atoms with Gasteiger partial charge in [-0.05, 0) is 60.0 Å². The van der Waals surface area contributed by atoms with Gasteiger partial charge in [0.15, 0.2) is 5.69 Å². The minimum atomic E-state index is -3.62. The minimum Gasteiger partial charge on any atom is -0.497 e. The summed E-state index contributed by atoms with van der Waals surface area (Å²) in [6, 6.07) is 21.6. The van der Waals surface area contributed by atoms with E-state index in [2.05, 4.69) is 5.32 Å². The predicted molar refractivity (Wildman–Crippen MR) is 162 cm³/mol. The number of aromatic nitrogens is 2. The first-order valence-corrected chi connectivity index (χ1v) is 15.4. The number of halogens is 2. The topological polar surface area (TPSA) is 93.5 Å². The molecule has 0 saturated carbocycles. The van der Waals surface area contributed by atoms with Crippen LogP contribution in [0.3, 0.4) is 0 Å². The Bertz CT molecular complexity index is 1740. The van der Waals surface area contributed by atoms with E-state index < -0.39 is 15.9 Å². The molecule has 8 nitrogen and oxygen atoms in total. The summed E-state index contributed by atoms with van der Waals surface area (Å²) >= 11 is 12.8. The Balaban J connectivity index is 1.69. The lowest BCUT2D eigenvalue weighted by Crippen LogP contribution is -2.36. The Hall–Kier alpha value is -3.63. The molecule has 5 rings (SSSR count). The molecule has 3 aromatic carbocycles. The number of hydrogen-bond donors (Lipinski definition) is 1. The summed E-state index contributed by atoms with van der Waals surface area (Å²) in [5.41, 5.74) is 4.09. The van der Waals surface area contributed by atoms with Gasteiger partial charge >= 0.3 is 0 Å². The summed E-state index contributed by atoms with van der Waals surface area (Å²) in [6.45, 7) is 1.93. The molecule has 0 bridgehead atoms. The van der Waals surface area contributed by atoms with Gasteiger partial charge in [-0.15, -0.1) is 0 Å². The van der Waals surface area contributed by atoms with E-state index in [9.17, 15) is 13.2 Å². The van der Waals surface area contributed by atoms with Crippen LogP contribution in [-0.4, -0.2) is 48.3 Å². The van der Waals surface area contributed by atoms with Crippen LogP contribution in [0.25, 0.3) is 17.3 Å². The van der Waals surface area contributed by atoms with Gasteiger partial charge in [-0.2, -0.15) is 9.40 Å². The molecule has 0 unspecified atom stereocenters. The second-order valence-corrected chi connectivity index (χ2v) is 12.6. The zero-order valence-electron chi connectivity index (χ0n) is 22.6. The van der Waals surface area contributed by atoms with Gasteiger partial charge in [-0.1, -0.05) is 65.7 Å². The highest BCUT2D eigenvalue weighted by molar-refractivity contribution is 7.88. The Kier molecular flexibility index (Phi) is 8.24. The molecule has 212 valence electrons. The normalized spacial score (nSPS) is 15.4. The van der Waals surface area contributed by atoms with Crippen LogP contribution in [0.1, 0.15) is 45.8 Å². The van der Waals surface area contributed by atoms with E-state index in [0.29, 0.717) is 38.3 Å². The summed E-state index contributed by atoms with van der Waals surface area (Å²) in [5, 5.41) is 8.53. The molecule has 0 aliphatic carbocycles. The smallest absolute Gasteiger partial charge is 0.272 e. The fourth-order valence-corrected chi connectivity index (χ4v) is 6.00. The summed E-state index contributed by atoms with van der Waals surface area (Å²) in [6.07, 6.45) is 3.03. The molecule has 1 N–H and O–H groups in total. The molecule has 1 aromatic heterocycles. The lowest BCUT2D eigenvalue weighted by molar-refractivity contribution is 0.0933. The van der Waals surface area contributed by atoms with Crippen molar-refractivity contribution in [2.45, 2.75) is 19.5 Å². The van der Waals surface area contributed by atoms with Gasteiger partial charge in [-0.25, -0.2) is 13.1 Å². The molecular formula is C30H28Cl2N4O4S. The first-order chi connectivity index (χ1) is 19.5. The van der Waals surface area contributed by atoms with Crippen molar-refractivity contribution in [3.63, 3.8) is 0 Å². The Morgan fingerprint density at radius 2 is 1.76 bits per heavy atom. The number of amides is 1. The van der Waals surface area contributed by atoms with E-state index in [1.165, 1.54) is 4.31 Å². The third-order valence-electron chi connectivity index (χ3n) is 6.89. The summed E-state index contributed by atoms with van der Waals surface area (Å²) in [5.74, 6) is 0.263. The number of rotatable bonds is 7. The number of hydrogen-bond acceptors (Lipinski definition) is 5. The standard InChI is InChI=1S/C30H28Cl2N4O4S/c1-19(21-7-5-4-6-8-21)33-30(37)28-25-18-35(41(3,38)39)17-22(15-20-9-12-24(40-2)13-10-20)29(25)36(34-28)27-14-11-23(31)16-26(27)32/h4-16,19H,17-18H2,1-3H3,(H,33,37)/b22-15+/t19-/m1/s1. The lowest BCUT2D eigenvalue weighted by Gasteiger charge is -2.28. The van der Waals surface area contributed by atoms with Crippen molar-refractivity contribution in [2.24, 2.45) is 0 Å². The maximum absolute atomic E-state index is 13.7. The molecule has 1 aliphatic heterocycles. The van der Waals surface area contributed by atoms with E-state index in [0.717, 1.165) is 17.4 Å². The number of ether oxygens (including phenoxy) is 1. The fourth-order valence-electron chi connectivity index (χ4n) is 4.78. The maximum atomic E-state index is 13.7. The van der Waals surface area contributed by atoms with Crippen molar-refractivity contribution in [1.29, 1.82) is 0 Å². The van der Waals surface area contributed by atoms with Gasteiger partial charge in [0.2, 0.25) is 10.0 Å². The van der Waals surface area contributed by atoms with Crippen LogP contribution in [0.4, 0.5) is 0 Å². The largest absolute Gasteiger partial charge is 0.497 e. The zero-order valence-corrected chi connectivity index (χ0v) is 25.0. The molecule has 1 aliphatic rings. The van der Waals surface area contributed by atoms with Gasteiger partial charge in [0, 0.05) is 23.7 Å². The van der Waals surface area contributed by atoms with Gasteiger partial charge in [0.1, 0.15) is 5.75 Å². The predicted octanol–water partition coefficient (Wildman–Crippen LogP) is 5.99. The van der Waals surface area contributed by atoms with Crippen molar-refractivity contribution in [2.75, 3.05) is 19.9 Å². The third kappa shape index (κ3) is 6.18. The Morgan fingerprint density at radius 3 is 2.39 bits per heavy atom. The number of benzene rings is 3. The highest BCUT2D eigenvalue weighted by Gasteiger charge is 2.35. The van der Waals surface area contributed by atoms with Crippen molar-refractivity contribution in [1.82, 2.24) is 19.4 Å². The van der Waals surface area contributed by atoms with Gasteiger partial charge in [0.25, 0.3) is 5.91 Å². The minimum absolute atomic E-state index is 0.0260. The van der Waals surface area contributed by atoms with Crippen LogP contribution >= 0.6 is 23.2 Å². The molecular weight excluding hydrogens is 583 g/mol. The average Bonchev–Trinajstić information content (AvgIpc) is 3.33. The first kappa shape index (κ1) is 28.9. The van der Waals surface area contributed by atoms with Crippen LogP contribution in [0.2, 0.25) is 10.0 Å². The average molecular weight is 612 g/mol. The SMILES string of the molecule is COc1ccc(/C=C2\CN(S(C)(=O)=O)Cc3c(C(=O)N[C@H](C)c4ccccc4)nn(-c4ccc(Cl)cc4Cl)c32)cc1. The Labute approximate surface area is 249 Å². The van der Waals surface area contributed by atoms with Gasteiger partial charge in [-0.3, -0.25) is 4.79 Å². The number of nitrogens with zero attached hydrogens (tertiary/aromatic N) is 3. The molecule has 0 radical (unpaired) electrons. The molecule has 4 aromatic rings. The van der Waals surface area contributed by atoms with E-state index in [1.807, 2.05) is 67.6 Å². The van der Waals surface area contributed by atoms with Crippen LogP contribution in [-0.2, 0) is 16.6 Å². The van der Waals surface area contributed by atoms with Crippen LogP contribution in [0, 0.1) is 0 Å². The number of fused-ring (bicyclic) bond motifs is 1. The lowest BCUT2D eigenvalue weighted by atomic mass is 9.98.